The number of hydrogen-bond donors (Lipinski definition) is 1. The van der Waals surface area contributed by atoms with E-state index < -0.39 is 0 Å². The number of aromatic nitrogens is 2. The van der Waals surface area contributed by atoms with Crippen LogP contribution < -0.4 is 19.9 Å². The van der Waals surface area contributed by atoms with Crippen molar-refractivity contribution in [1.29, 1.82) is 0 Å². The standard InChI is InChI=1S/C28H32N6O2/c1-36-26-10-7-22(18-29-26)21-5-8-23(9-6-21)33-14-12-32(13-15-33)19-20-16-24-27(30-17-20)34-11-3-2-4-25(34)28(35)31-24/h5-10,16-18,25H,2-4,11-15,19H2,1H3,(H,31,35)/t25-/m0/s1. The summed E-state index contributed by atoms with van der Waals surface area (Å²) in [5, 5.41) is 3.11. The van der Waals surface area contributed by atoms with Crippen molar-refractivity contribution < 1.29 is 9.53 Å². The summed E-state index contributed by atoms with van der Waals surface area (Å²) >= 11 is 0. The minimum absolute atomic E-state index is 0.0559. The van der Waals surface area contributed by atoms with Gasteiger partial charge >= 0.3 is 0 Å². The van der Waals surface area contributed by atoms with Crippen molar-refractivity contribution in [3.05, 3.63) is 60.4 Å². The number of carbonyl (C=O) groups is 1. The number of methoxy groups -OCH3 is 1. The molecule has 3 aliphatic rings. The number of ether oxygens (including phenoxy) is 1. The van der Waals surface area contributed by atoms with Crippen molar-refractivity contribution >= 4 is 23.1 Å². The number of pyridine rings is 2. The fraction of sp³-hybridized carbons (Fsp3) is 0.393. The van der Waals surface area contributed by atoms with Crippen LogP contribution in [0.3, 0.4) is 0 Å². The predicted octanol–water partition coefficient (Wildman–Crippen LogP) is 3.79. The first-order valence-corrected chi connectivity index (χ1v) is 12.8. The monoisotopic (exact) mass is 484 g/mol. The molecule has 1 amide bonds. The summed E-state index contributed by atoms with van der Waals surface area (Å²) in [5.74, 6) is 1.67. The highest BCUT2D eigenvalue weighted by molar-refractivity contribution is 6.02. The maximum absolute atomic E-state index is 12.6. The number of hydrogen-bond acceptors (Lipinski definition) is 7. The number of piperazine rings is 1. The summed E-state index contributed by atoms with van der Waals surface area (Å²) in [4.78, 5) is 28.8. The first kappa shape index (κ1) is 22.8. The van der Waals surface area contributed by atoms with Gasteiger partial charge in [0.15, 0.2) is 5.82 Å². The highest BCUT2D eigenvalue weighted by Crippen LogP contribution is 2.35. The lowest BCUT2D eigenvalue weighted by Crippen LogP contribution is -2.51. The Balaban J connectivity index is 1.06. The molecule has 0 aliphatic carbocycles. The summed E-state index contributed by atoms with van der Waals surface area (Å²) < 4.78 is 5.15. The van der Waals surface area contributed by atoms with Crippen molar-refractivity contribution in [2.24, 2.45) is 0 Å². The van der Waals surface area contributed by atoms with Crippen molar-refractivity contribution in [3.63, 3.8) is 0 Å². The molecule has 3 aliphatic heterocycles. The van der Waals surface area contributed by atoms with Crippen molar-refractivity contribution in [2.45, 2.75) is 31.8 Å². The van der Waals surface area contributed by atoms with Crippen LogP contribution in [0, 0.1) is 0 Å². The van der Waals surface area contributed by atoms with E-state index in [2.05, 4.69) is 55.3 Å². The number of benzene rings is 1. The summed E-state index contributed by atoms with van der Waals surface area (Å²) in [6.45, 7) is 5.69. The lowest BCUT2D eigenvalue weighted by molar-refractivity contribution is -0.118. The lowest BCUT2D eigenvalue weighted by Gasteiger charge is -2.40. The van der Waals surface area contributed by atoms with Gasteiger partial charge in [-0.05, 0) is 54.7 Å². The maximum atomic E-state index is 12.6. The van der Waals surface area contributed by atoms with Crippen LogP contribution in [-0.4, -0.2) is 66.7 Å². The summed E-state index contributed by atoms with van der Waals surface area (Å²) in [6, 6.07) is 14.7. The van der Waals surface area contributed by atoms with Crippen LogP contribution in [0.4, 0.5) is 17.2 Å². The van der Waals surface area contributed by atoms with E-state index in [4.69, 9.17) is 9.72 Å². The van der Waals surface area contributed by atoms with E-state index in [1.54, 1.807) is 7.11 Å². The van der Waals surface area contributed by atoms with E-state index in [1.165, 1.54) is 5.69 Å². The molecule has 5 heterocycles. The van der Waals surface area contributed by atoms with Gasteiger partial charge in [-0.2, -0.15) is 0 Å². The van der Waals surface area contributed by atoms with Crippen molar-refractivity contribution in [3.8, 4) is 17.0 Å². The van der Waals surface area contributed by atoms with Gasteiger partial charge in [0.1, 0.15) is 6.04 Å². The third-order valence-electron chi connectivity index (χ3n) is 7.55. The Hall–Kier alpha value is -3.65. The smallest absolute Gasteiger partial charge is 0.247 e. The molecular weight excluding hydrogens is 452 g/mol. The van der Waals surface area contributed by atoms with Crippen LogP contribution >= 0.6 is 0 Å². The quantitative estimate of drug-likeness (QED) is 0.591. The molecule has 2 fully saturated rings. The molecule has 8 nitrogen and oxygen atoms in total. The molecule has 36 heavy (non-hydrogen) atoms. The molecular formula is C28H32N6O2. The van der Waals surface area contributed by atoms with Crippen LogP contribution in [0.2, 0.25) is 0 Å². The SMILES string of the molecule is COc1ccc(-c2ccc(N3CCN(Cc4cnc5c(c4)NC(=O)[C@@H]4CCCCN54)CC3)cc2)cn1. The van der Waals surface area contributed by atoms with Gasteiger partial charge in [-0.1, -0.05) is 12.1 Å². The molecule has 0 saturated carbocycles. The average Bonchev–Trinajstić information content (AvgIpc) is 2.94. The van der Waals surface area contributed by atoms with E-state index >= 15 is 0 Å². The molecule has 0 radical (unpaired) electrons. The summed E-state index contributed by atoms with van der Waals surface area (Å²) in [5.41, 5.74) is 5.49. The molecule has 1 atom stereocenters. The Bertz CT molecular complexity index is 1220. The van der Waals surface area contributed by atoms with Crippen LogP contribution in [0.5, 0.6) is 5.88 Å². The highest BCUT2D eigenvalue weighted by atomic mass is 16.5. The van der Waals surface area contributed by atoms with Crippen LogP contribution in [0.25, 0.3) is 11.1 Å². The molecule has 3 aromatic rings. The third kappa shape index (κ3) is 4.48. The number of amides is 1. The van der Waals surface area contributed by atoms with Gasteiger partial charge in [-0.3, -0.25) is 9.69 Å². The number of carbonyl (C=O) groups excluding carboxylic acids is 1. The van der Waals surface area contributed by atoms with E-state index in [9.17, 15) is 4.79 Å². The Labute approximate surface area is 211 Å². The van der Waals surface area contributed by atoms with Gasteiger partial charge in [-0.25, -0.2) is 9.97 Å². The molecule has 186 valence electrons. The molecule has 0 spiro atoms. The fourth-order valence-corrected chi connectivity index (χ4v) is 5.54. The van der Waals surface area contributed by atoms with Gasteiger partial charge in [-0.15, -0.1) is 0 Å². The zero-order valence-corrected chi connectivity index (χ0v) is 20.7. The lowest BCUT2D eigenvalue weighted by atomic mass is 9.99. The number of nitrogens with zero attached hydrogens (tertiary/aromatic N) is 5. The second-order valence-corrected chi connectivity index (χ2v) is 9.81. The average molecular weight is 485 g/mol. The topological polar surface area (TPSA) is 73.8 Å². The number of piperidine rings is 1. The third-order valence-corrected chi connectivity index (χ3v) is 7.55. The Morgan fingerprint density at radius 1 is 0.944 bits per heavy atom. The number of anilines is 3. The fourth-order valence-electron chi connectivity index (χ4n) is 5.54. The molecule has 8 heteroatoms. The molecule has 6 rings (SSSR count). The molecule has 2 saturated heterocycles. The minimum Gasteiger partial charge on any atom is -0.481 e. The number of rotatable bonds is 5. The van der Waals surface area contributed by atoms with Crippen molar-refractivity contribution in [1.82, 2.24) is 14.9 Å². The zero-order chi connectivity index (χ0) is 24.5. The van der Waals surface area contributed by atoms with Gasteiger partial charge < -0.3 is 19.9 Å². The van der Waals surface area contributed by atoms with E-state index in [0.717, 1.165) is 86.7 Å². The second kappa shape index (κ2) is 9.78. The molecule has 1 aromatic carbocycles. The van der Waals surface area contributed by atoms with Gasteiger partial charge in [0, 0.05) is 69.0 Å². The van der Waals surface area contributed by atoms with Crippen molar-refractivity contribution in [2.75, 3.05) is 55.0 Å². The van der Waals surface area contributed by atoms with Crippen LogP contribution in [0.1, 0.15) is 24.8 Å². The largest absolute Gasteiger partial charge is 0.481 e. The number of fused-ring (bicyclic) bond motifs is 3. The van der Waals surface area contributed by atoms with E-state index in [-0.39, 0.29) is 11.9 Å². The van der Waals surface area contributed by atoms with Crippen LogP contribution in [0.15, 0.2) is 54.9 Å². The Morgan fingerprint density at radius 3 is 2.50 bits per heavy atom. The molecule has 0 bridgehead atoms. The predicted molar refractivity (Wildman–Crippen MR) is 142 cm³/mol. The van der Waals surface area contributed by atoms with Gasteiger partial charge in [0.05, 0.1) is 12.8 Å². The maximum Gasteiger partial charge on any atom is 0.247 e. The normalized spacial score (nSPS) is 19.9. The van der Waals surface area contributed by atoms with Gasteiger partial charge in [0.2, 0.25) is 11.8 Å². The second-order valence-electron chi connectivity index (χ2n) is 9.81. The van der Waals surface area contributed by atoms with E-state index in [1.807, 2.05) is 24.5 Å². The molecule has 1 N–H and O–H groups in total. The molecule has 2 aromatic heterocycles. The van der Waals surface area contributed by atoms with Gasteiger partial charge in [0.25, 0.3) is 0 Å². The van der Waals surface area contributed by atoms with E-state index in [0.29, 0.717) is 5.88 Å². The first-order valence-electron chi connectivity index (χ1n) is 12.8. The first-order chi connectivity index (χ1) is 17.7. The number of nitrogens with one attached hydrogen (secondary N) is 1. The molecule has 0 unspecified atom stereocenters. The summed E-state index contributed by atoms with van der Waals surface area (Å²) in [7, 11) is 1.63. The Morgan fingerprint density at radius 2 is 1.75 bits per heavy atom. The van der Waals surface area contributed by atoms with Crippen LogP contribution in [-0.2, 0) is 11.3 Å². The Kier molecular flexibility index (Phi) is 6.19. The zero-order valence-electron chi connectivity index (χ0n) is 20.7. The highest BCUT2D eigenvalue weighted by Gasteiger charge is 2.35. The minimum atomic E-state index is -0.0559. The summed E-state index contributed by atoms with van der Waals surface area (Å²) in [6.07, 6.45) is 6.98.